The van der Waals surface area contributed by atoms with Crippen molar-refractivity contribution in [1.29, 1.82) is 0 Å². The molecular weight excluding hydrogens is 316 g/mol. The van der Waals surface area contributed by atoms with Crippen LogP contribution in [0.25, 0.3) is 0 Å². The Hall–Kier alpha value is -2.21. The van der Waals surface area contributed by atoms with Crippen LogP contribution in [0.1, 0.15) is 54.9 Å². The standard InChI is InChI=1S/C19H26N4O2/c1-14(20)22-18(25)16-6-3-2-5-15(16)13-23-17(24)7-4-8-19(23)9-11-21-12-10-19/h2-3,5-6,21H,4,7-13H2,1H3,(H2,20,22,25). The molecule has 2 aliphatic rings. The highest BCUT2D eigenvalue weighted by Gasteiger charge is 2.43. The summed E-state index contributed by atoms with van der Waals surface area (Å²) in [7, 11) is 0. The molecule has 3 rings (SSSR count). The monoisotopic (exact) mass is 342 g/mol. The summed E-state index contributed by atoms with van der Waals surface area (Å²) in [6.07, 6.45) is 4.51. The molecule has 3 N–H and O–H groups in total. The van der Waals surface area contributed by atoms with Crippen LogP contribution in [0.4, 0.5) is 0 Å². The Kier molecular flexibility index (Phi) is 5.18. The third-order valence-electron chi connectivity index (χ3n) is 5.29. The van der Waals surface area contributed by atoms with Crippen molar-refractivity contribution in [2.45, 2.75) is 51.1 Å². The second-order valence-corrected chi connectivity index (χ2v) is 7.02. The summed E-state index contributed by atoms with van der Waals surface area (Å²) in [5, 5.41) is 3.38. The molecule has 0 aromatic heterocycles. The van der Waals surface area contributed by atoms with E-state index in [1.54, 1.807) is 13.0 Å². The first kappa shape index (κ1) is 17.6. The first-order chi connectivity index (χ1) is 12.0. The fourth-order valence-corrected chi connectivity index (χ4v) is 4.03. The van der Waals surface area contributed by atoms with E-state index >= 15 is 0 Å². The fraction of sp³-hybridized carbons (Fsp3) is 0.526. The van der Waals surface area contributed by atoms with Crippen LogP contribution in [-0.4, -0.2) is 41.2 Å². The molecule has 6 heteroatoms. The third-order valence-corrected chi connectivity index (χ3v) is 5.29. The van der Waals surface area contributed by atoms with Crippen LogP contribution in [0.5, 0.6) is 0 Å². The predicted molar refractivity (Wildman–Crippen MR) is 97.3 cm³/mol. The molecule has 25 heavy (non-hydrogen) atoms. The van der Waals surface area contributed by atoms with Gasteiger partial charge >= 0.3 is 0 Å². The van der Waals surface area contributed by atoms with E-state index in [9.17, 15) is 9.59 Å². The van der Waals surface area contributed by atoms with Crippen molar-refractivity contribution in [2.75, 3.05) is 13.1 Å². The molecule has 134 valence electrons. The molecular formula is C19H26N4O2. The summed E-state index contributed by atoms with van der Waals surface area (Å²) in [5.41, 5.74) is 6.84. The number of hydrogen-bond donors (Lipinski definition) is 2. The van der Waals surface area contributed by atoms with Gasteiger partial charge in [0.05, 0.1) is 0 Å². The molecule has 1 aromatic carbocycles. The summed E-state index contributed by atoms with van der Waals surface area (Å²) in [6, 6.07) is 7.38. The number of rotatable bonds is 3. The lowest BCUT2D eigenvalue weighted by Crippen LogP contribution is -2.58. The SMILES string of the molecule is CC(N)=NC(=O)c1ccccc1CN1C(=O)CCCC12CCNCC2. The number of benzene rings is 1. The zero-order chi connectivity index (χ0) is 17.9. The maximum Gasteiger partial charge on any atom is 0.278 e. The number of piperidine rings is 2. The number of nitrogens with one attached hydrogen (secondary N) is 1. The molecule has 2 saturated heterocycles. The topological polar surface area (TPSA) is 87.8 Å². The van der Waals surface area contributed by atoms with Crippen molar-refractivity contribution in [3.8, 4) is 0 Å². The first-order valence-corrected chi connectivity index (χ1v) is 8.96. The Morgan fingerprint density at radius 3 is 2.72 bits per heavy atom. The van der Waals surface area contributed by atoms with Crippen molar-refractivity contribution in [1.82, 2.24) is 10.2 Å². The van der Waals surface area contributed by atoms with Crippen molar-refractivity contribution in [2.24, 2.45) is 10.7 Å². The van der Waals surface area contributed by atoms with E-state index in [2.05, 4.69) is 10.3 Å². The summed E-state index contributed by atoms with van der Waals surface area (Å²) in [6.45, 7) is 3.92. The van der Waals surface area contributed by atoms with Crippen LogP contribution in [0.15, 0.2) is 29.3 Å². The van der Waals surface area contributed by atoms with Crippen molar-refractivity contribution in [3.63, 3.8) is 0 Å². The minimum Gasteiger partial charge on any atom is -0.387 e. The molecule has 0 saturated carbocycles. The van der Waals surface area contributed by atoms with Gasteiger partial charge in [-0.15, -0.1) is 0 Å². The molecule has 0 unspecified atom stereocenters. The van der Waals surface area contributed by atoms with E-state index in [1.807, 2.05) is 23.1 Å². The van der Waals surface area contributed by atoms with Gasteiger partial charge in [0.25, 0.3) is 5.91 Å². The molecule has 2 heterocycles. The lowest BCUT2D eigenvalue weighted by molar-refractivity contribution is -0.144. The molecule has 1 aromatic rings. The smallest absolute Gasteiger partial charge is 0.278 e. The minimum atomic E-state index is -0.348. The summed E-state index contributed by atoms with van der Waals surface area (Å²) in [4.78, 5) is 31.0. The second-order valence-electron chi connectivity index (χ2n) is 7.02. The zero-order valence-corrected chi connectivity index (χ0v) is 14.8. The Morgan fingerprint density at radius 1 is 1.28 bits per heavy atom. The second kappa shape index (κ2) is 7.35. The molecule has 2 fully saturated rings. The number of aliphatic imine (C=N–C) groups is 1. The lowest BCUT2D eigenvalue weighted by atomic mass is 9.78. The lowest BCUT2D eigenvalue weighted by Gasteiger charge is -2.49. The Morgan fingerprint density at radius 2 is 2.00 bits per heavy atom. The van der Waals surface area contributed by atoms with Crippen molar-refractivity contribution >= 4 is 17.6 Å². The van der Waals surface area contributed by atoms with E-state index in [4.69, 9.17) is 5.73 Å². The highest BCUT2D eigenvalue weighted by Crippen LogP contribution is 2.37. The quantitative estimate of drug-likeness (QED) is 0.648. The van der Waals surface area contributed by atoms with Gasteiger partial charge in [-0.1, -0.05) is 18.2 Å². The van der Waals surface area contributed by atoms with Gasteiger partial charge in [0.2, 0.25) is 5.91 Å². The van der Waals surface area contributed by atoms with Gasteiger partial charge in [0, 0.05) is 24.1 Å². The normalized spacial score (nSPS) is 20.8. The summed E-state index contributed by atoms with van der Waals surface area (Å²) in [5.74, 6) is 0.0806. The van der Waals surface area contributed by atoms with Crippen LogP contribution < -0.4 is 11.1 Å². The fourth-order valence-electron chi connectivity index (χ4n) is 4.03. The van der Waals surface area contributed by atoms with Gasteiger partial charge < -0.3 is 16.0 Å². The molecule has 0 aliphatic carbocycles. The minimum absolute atomic E-state index is 0.0796. The number of hydrogen-bond acceptors (Lipinski definition) is 3. The molecule has 2 aliphatic heterocycles. The maximum absolute atomic E-state index is 12.7. The number of amides is 2. The van der Waals surface area contributed by atoms with Gasteiger partial charge in [-0.25, -0.2) is 0 Å². The number of carbonyl (C=O) groups is 2. The summed E-state index contributed by atoms with van der Waals surface area (Å²) < 4.78 is 0. The van der Waals surface area contributed by atoms with Crippen LogP contribution >= 0.6 is 0 Å². The van der Waals surface area contributed by atoms with E-state index in [0.717, 1.165) is 44.3 Å². The van der Waals surface area contributed by atoms with Gasteiger partial charge in [-0.3, -0.25) is 9.59 Å². The third kappa shape index (κ3) is 3.74. The molecule has 1 spiro atoms. The molecule has 0 radical (unpaired) electrons. The molecule has 6 nitrogen and oxygen atoms in total. The number of likely N-dealkylation sites (tertiary alicyclic amines) is 1. The van der Waals surface area contributed by atoms with E-state index < -0.39 is 0 Å². The Balaban J connectivity index is 1.91. The zero-order valence-electron chi connectivity index (χ0n) is 14.8. The van der Waals surface area contributed by atoms with E-state index in [0.29, 0.717) is 18.5 Å². The van der Waals surface area contributed by atoms with Crippen molar-refractivity contribution in [3.05, 3.63) is 35.4 Å². The Bertz CT molecular complexity index is 683. The van der Waals surface area contributed by atoms with Gasteiger partial charge in [0.1, 0.15) is 5.84 Å². The summed E-state index contributed by atoms with van der Waals surface area (Å²) >= 11 is 0. The number of nitrogens with zero attached hydrogens (tertiary/aromatic N) is 2. The van der Waals surface area contributed by atoms with Crippen LogP contribution in [0.3, 0.4) is 0 Å². The van der Waals surface area contributed by atoms with Crippen LogP contribution in [0, 0.1) is 0 Å². The number of carbonyl (C=O) groups excluding carboxylic acids is 2. The van der Waals surface area contributed by atoms with Gasteiger partial charge in [-0.05, 0) is 57.3 Å². The number of amidine groups is 1. The first-order valence-electron chi connectivity index (χ1n) is 8.96. The van der Waals surface area contributed by atoms with Gasteiger partial charge in [0.15, 0.2) is 0 Å². The van der Waals surface area contributed by atoms with Crippen molar-refractivity contribution < 1.29 is 9.59 Å². The highest BCUT2D eigenvalue weighted by molar-refractivity contribution is 6.03. The van der Waals surface area contributed by atoms with Crippen LogP contribution in [-0.2, 0) is 11.3 Å². The number of nitrogens with two attached hydrogens (primary N) is 1. The molecule has 2 amide bonds. The van der Waals surface area contributed by atoms with E-state index in [-0.39, 0.29) is 23.2 Å². The average molecular weight is 342 g/mol. The Labute approximate surface area is 148 Å². The highest BCUT2D eigenvalue weighted by atomic mass is 16.2. The largest absolute Gasteiger partial charge is 0.387 e. The molecule has 0 atom stereocenters. The van der Waals surface area contributed by atoms with Crippen LogP contribution in [0.2, 0.25) is 0 Å². The van der Waals surface area contributed by atoms with Gasteiger partial charge in [-0.2, -0.15) is 4.99 Å². The predicted octanol–water partition coefficient (Wildman–Crippen LogP) is 1.84. The molecule has 0 bridgehead atoms. The van der Waals surface area contributed by atoms with E-state index in [1.165, 1.54) is 0 Å². The maximum atomic E-state index is 12.7. The average Bonchev–Trinajstić information content (AvgIpc) is 2.59.